The van der Waals surface area contributed by atoms with Gasteiger partial charge >= 0.3 is 0 Å². The number of rotatable bonds is 10. The SMILES string of the molecule is CC(C)Nc1ccc(NC(=O)CCCCCCC(=O)NO)cc1. The van der Waals surface area contributed by atoms with Crippen LogP contribution in [0.2, 0.25) is 0 Å². The minimum atomic E-state index is -0.363. The maximum atomic E-state index is 11.8. The van der Waals surface area contributed by atoms with E-state index in [2.05, 4.69) is 24.5 Å². The molecule has 0 aliphatic carbocycles. The number of benzene rings is 1. The number of unbranched alkanes of at least 4 members (excludes halogenated alkanes) is 3. The number of hydroxylamine groups is 1. The Balaban J connectivity index is 2.17. The highest BCUT2D eigenvalue weighted by Gasteiger charge is 2.03. The van der Waals surface area contributed by atoms with Crippen LogP contribution in [0.25, 0.3) is 0 Å². The fourth-order valence-corrected chi connectivity index (χ4v) is 2.19. The van der Waals surface area contributed by atoms with Gasteiger partial charge in [-0.3, -0.25) is 14.8 Å². The molecule has 0 saturated heterocycles. The molecule has 0 heterocycles. The zero-order valence-corrected chi connectivity index (χ0v) is 13.9. The molecular weight excluding hydrogens is 294 g/mol. The molecule has 4 N–H and O–H groups in total. The molecule has 0 atom stereocenters. The Bertz CT molecular complexity index is 486. The van der Waals surface area contributed by atoms with Crippen molar-refractivity contribution < 1.29 is 14.8 Å². The molecule has 0 bridgehead atoms. The van der Waals surface area contributed by atoms with E-state index in [4.69, 9.17) is 5.21 Å². The molecule has 1 rings (SSSR count). The number of carbonyl (C=O) groups is 2. The van der Waals surface area contributed by atoms with E-state index in [0.717, 1.165) is 37.1 Å². The van der Waals surface area contributed by atoms with Crippen molar-refractivity contribution in [3.8, 4) is 0 Å². The van der Waals surface area contributed by atoms with Gasteiger partial charge in [0.2, 0.25) is 11.8 Å². The minimum Gasteiger partial charge on any atom is -0.383 e. The number of carbonyl (C=O) groups excluding carboxylic acids is 2. The normalized spacial score (nSPS) is 10.4. The van der Waals surface area contributed by atoms with Crippen LogP contribution < -0.4 is 16.1 Å². The second-order valence-electron chi connectivity index (χ2n) is 5.87. The Hall–Kier alpha value is -2.08. The molecule has 128 valence electrons. The first-order valence-electron chi connectivity index (χ1n) is 8.10. The van der Waals surface area contributed by atoms with Crippen LogP contribution >= 0.6 is 0 Å². The van der Waals surface area contributed by atoms with Crippen molar-refractivity contribution in [3.05, 3.63) is 24.3 Å². The van der Waals surface area contributed by atoms with E-state index in [-0.39, 0.29) is 11.8 Å². The Labute approximate surface area is 137 Å². The fourth-order valence-electron chi connectivity index (χ4n) is 2.19. The van der Waals surface area contributed by atoms with Crippen molar-refractivity contribution in [3.63, 3.8) is 0 Å². The highest BCUT2D eigenvalue weighted by molar-refractivity contribution is 5.90. The quantitative estimate of drug-likeness (QED) is 0.302. The van der Waals surface area contributed by atoms with Crippen LogP contribution in [-0.2, 0) is 9.59 Å². The highest BCUT2D eigenvalue weighted by Crippen LogP contribution is 2.15. The Kier molecular flexibility index (Phi) is 8.75. The van der Waals surface area contributed by atoms with Crippen molar-refractivity contribution in [2.24, 2.45) is 0 Å². The monoisotopic (exact) mass is 321 g/mol. The van der Waals surface area contributed by atoms with Gasteiger partial charge in [0, 0.05) is 30.3 Å². The van der Waals surface area contributed by atoms with Crippen LogP contribution in [0.1, 0.15) is 52.4 Å². The van der Waals surface area contributed by atoms with E-state index in [1.165, 1.54) is 0 Å². The predicted octanol–water partition coefficient (Wildman–Crippen LogP) is 3.29. The highest BCUT2D eigenvalue weighted by atomic mass is 16.5. The molecule has 0 aliphatic rings. The molecule has 23 heavy (non-hydrogen) atoms. The number of hydrogen-bond donors (Lipinski definition) is 4. The summed E-state index contributed by atoms with van der Waals surface area (Å²) in [7, 11) is 0. The van der Waals surface area contributed by atoms with Gasteiger partial charge in [-0.25, -0.2) is 5.48 Å². The molecule has 0 saturated carbocycles. The van der Waals surface area contributed by atoms with E-state index < -0.39 is 0 Å². The summed E-state index contributed by atoms with van der Waals surface area (Å²) < 4.78 is 0. The standard InChI is InChI=1S/C17H27N3O3/c1-13(2)18-14-9-11-15(12-10-14)19-16(21)7-5-3-4-6-8-17(22)20-23/h9-13,18,23H,3-8H2,1-2H3,(H,19,21)(H,20,22). The summed E-state index contributed by atoms with van der Waals surface area (Å²) in [5, 5.41) is 14.5. The topological polar surface area (TPSA) is 90.5 Å². The lowest BCUT2D eigenvalue weighted by molar-refractivity contribution is -0.129. The third-order valence-electron chi connectivity index (χ3n) is 3.31. The van der Waals surface area contributed by atoms with E-state index in [9.17, 15) is 9.59 Å². The first kappa shape index (κ1) is 19.0. The van der Waals surface area contributed by atoms with E-state index >= 15 is 0 Å². The van der Waals surface area contributed by atoms with E-state index in [0.29, 0.717) is 18.9 Å². The van der Waals surface area contributed by atoms with Crippen LogP contribution in [-0.4, -0.2) is 23.1 Å². The maximum Gasteiger partial charge on any atom is 0.243 e. The minimum absolute atomic E-state index is 0.00247. The number of nitrogens with one attached hydrogen (secondary N) is 3. The van der Waals surface area contributed by atoms with Crippen molar-refractivity contribution >= 4 is 23.2 Å². The largest absolute Gasteiger partial charge is 0.383 e. The Morgan fingerprint density at radius 1 is 0.913 bits per heavy atom. The van der Waals surface area contributed by atoms with Crippen LogP contribution in [0, 0.1) is 0 Å². The second kappa shape index (κ2) is 10.6. The van der Waals surface area contributed by atoms with Gasteiger partial charge in [-0.2, -0.15) is 0 Å². The lowest BCUT2D eigenvalue weighted by Gasteiger charge is -2.11. The van der Waals surface area contributed by atoms with Crippen LogP contribution in [0.4, 0.5) is 11.4 Å². The van der Waals surface area contributed by atoms with Gasteiger partial charge in [0.25, 0.3) is 0 Å². The van der Waals surface area contributed by atoms with Gasteiger partial charge in [0.1, 0.15) is 0 Å². The zero-order chi connectivity index (χ0) is 17.1. The first-order valence-corrected chi connectivity index (χ1v) is 8.10. The average Bonchev–Trinajstić information content (AvgIpc) is 2.51. The average molecular weight is 321 g/mol. The lowest BCUT2D eigenvalue weighted by atomic mass is 10.1. The number of amides is 2. The van der Waals surface area contributed by atoms with Gasteiger partial charge < -0.3 is 10.6 Å². The van der Waals surface area contributed by atoms with Crippen LogP contribution in [0.15, 0.2) is 24.3 Å². The summed E-state index contributed by atoms with van der Waals surface area (Å²) in [5.74, 6) is -0.360. The summed E-state index contributed by atoms with van der Waals surface area (Å²) >= 11 is 0. The smallest absolute Gasteiger partial charge is 0.243 e. The zero-order valence-electron chi connectivity index (χ0n) is 13.9. The van der Waals surface area contributed by atoms with Crippen molar-refractivity contribution in [2.75, 3.05) is 10.6 Å². The second-order valence-corrected chi connectivity index (χ2v) is 5.87. The van der Waals surface area contributed by atoms with Gasteiger partial charge in [0.05, 0.1) is 0 Å². The third kappa shape index (κ3) is 8.83. The molecular formula is C17H27N3O3. The van der Waals surface area contributed by atoms with Crippen LogP contribution in [0.3, 0.4) is 0 Å². The molecule has 0 spiro atoms. The molecule has 0 fully saturated rings. The summed E-state index contributed by atoms with van der Waals surface area (Å²) in [6.45, 7) is 4.15. The van der Waals surface area contributed by atoms with Gasteiger partial charge in [0.15, 0.2) is 0 Å². The summed E-state index contributed by atoms with van der Waals surface area (Å²) in [6.07, 6.45) is 4.06. The molecule has 0 aromatic heterocycles. The summed E-state index contributed by atoms with van der Waals surface area (Å²) in [4.78, 5) is 22.6. The number of hydrogen-bond acceptors (Lipinski definition) is 4. The fraction of sp³-hybridized carbons (Fsp3) is 0.529. The van der Waals surface area contributed by atoms with Crippen molar-refractivity contribution in [1.29, 1.82) is 0 Å². The third-order valence-corrected chi connectivity index (χ3v) is 3.31. The van der Waals surface area contributed by atoms with Gasteiger partial charge in [-0.05, 0) is 51.0 Å². The van der Waals surface area contributed by atoms with E-state index in [1.807, 2.05) is 24.3 Å². The molecule has 6 heteroatoms. The predicted molar refractivity (Wildman–Crippen MR) is 91.5 cm³/mol. The molecule has 0 aliphatic heterocycles. The maximum absolute atomic E-state index is 11.8. The lowest BCUT2D eigenvalue weighted by Crippen LogP contribution is -2.17. The van der Waals surface area contributed by atoms with Crippen LogP contribution in [0.5, 0.6) is 0 Å². The Morgan fingerprint density at radius 3 is 1.96 bits per heavy atom. The van der Waals surface area contributed by atoms with Crippen molar-refractivity contribution in [1.82, 2.24) is 5.48 Å². The van der Waals surface area contributed by atoms with Gasteiger partial charge in [-0.1, -0.05) is 12.8 Å². The number of anilines is 2. The molecule has 1 aromatic carbocycles. The molecule has 2 amide bonds. The summed E-state index contributed by atoms with van der Waals surface area (Å²) in [6, 6.07) is 8.04. The molecule has 6 nitrogen and oxygen atoms in total. The van der Waals surface area contributed by atoms with E-state index in [1.54, 1.807) is 5.48 Å². The molecule has 0 radical (unpaired) electrons. The van der Waals surface area contributed by atoms with Crippen molar-refractivity contribution in [2.45, 2.75) is 58.4 Å². The molecule has 1 aromatic rings. The Morgan fingerprint density at radius 2 is 1.43 bits per heavy atom. The van der Waals surface area contributed by atoms with Gasteiger partial charge in [-0.15, -0.1) is 0 Å². The molecule has 0 unspecified atom stereocenters. The summed E-state index contributed by atoms with van der Waals surface area (Å²) in [5.41, 5.74) is 3.44. The first-order chi connectivity index (χ1) is 11.0.